The first-order chi connectivity index (χ1) is 7.26. The van der Waals surface area contributed by atoms with Gasteiger partial charge in [-0.15, -0.1) is 0 Å². The summed E-state index contributed by atoms with van der Waals surface area (Å²) in [7, 11) is 0. The summed E-state index contributed by atoms with van der Waals surface area (Å²) < 4.78 is 6.08. The molecule has 0 aromatic carbocycles. The van der Waals surface area contributed by atoms with Crippen LogP contribution in [0, 0.1) is 0 Å². The van der Waals surface area contributed by atoms with Crippen LogP contribution in [0.1, 0.15) is 47.5 Å². The van der Waals surface area contributed by atoms with E-state index in [1.807, 2.05) is 0 Å². The van der Waals surface area contributed by atoms with Gasteiger partial charge in [-0.2, -0.15) is 0 Å². The fourth-order valence-electron chi connectivity index (χ4n) is 2.75. The highest BCUT2D eigenvalue weighted by Crippen LogP contribution is 2.29. The van der Waals surface area contributed by atoms with Crippen LogP contribution in [0.15, 0.2) is 0 Å². The lowest BCUT2D eigenvalue weighted by Crippen LogP contribution is -2.59. The number of rotatable bonds is 4. The molecule has 3 heteroatoms. The average Bonchev–Trinajstić information content (AvgIpc) is 2.09. The Morgan fingerprint density at radius 3 is 2.12 bits per heavy atom. The highest BCUT2D eigenvalue weighted by Gasteiger charge is 2.39. The summed E-state index contributed by atoms with van der Waals surface area (Å²) in [5, 5.41) is 0. The summed E-state index contributed by atoms with van der Waals surface area (Å²) in [6.07, 6.45) is 2.29. The highest BCUT2D eigenvalue weighted by atomic mass is 16.5. The normalized spacial score (nSPS) is 26.6. The molecule has 1 heterocycles. The molecule has 0 spiro atoms. The molecule has 0 aliphatic carbocycles. The maximum Gasteiger partial charge on any atom is 0.0760 e. The van der Waals surface area contributed by atoms with Crippen molar-refractivity contribution in [3.63, 3.8) is 0 Å². The van der Waals surface area contributed by atoms with Crippen molar-refractivity contribution in [2.24, 2.45) is 5.73 Å². The number of nitrogens with two attached hydrogens (primary N) is 1. The molecular formula is C13H28N2O. The quantitative estimate of drug-likeness (QED) is 0.800. The third-order valence-corrected chi connectivity index (χ3v) is 3.17. The van der Waals surface area contributed by atoms with Gasteiger partial charge >= 0.3 is 0 Å². The van der Waals surface area contributed by atoms with Crippen molar-refractivity contribution in [2.45, 2.75) is 64.7 Å². The smallest absolute Gasteiger partial charge is 0.0760 e. The lowest BCUT2D eigenvalue weighted by molar-refractivity contribution is -0.187. The monoisotopic (exact) mass is 228 g/mol. The topological polar surface area (TPSA) is 38.5 Å². The summed E-state index contributed by atoms with van der Waals surface area (Å²) >= 11 is 0. The van der Waals surface area contributed by atoms with Crippen LogP contribution in [0.25, 0.3) is 0 Å². The molecule has 0 saturated carbocycles. The molecule has 0 bridgehead atoms. The lowest BCUT2D eigenvalue weighted by atomic mass is 9.96. The Morgan fingerprint density at radius 2 is 1.69 bits per heavy atom. The van der Waals surface area contributed by atoms with E-state index in [4.69, 9.17) is 10.5 Å². The van der Waals surface area contributed by atoms with Gasteiger partial charge in [-0.25, -0.2) is 0 Å². The Bertz CT molecular complexity index is 210. The van der Waals surface area contributed by atoms with E-state index in [0.29, 0.717) is 6.04 Å². The van der Waals surface area contributed by atoms with Crippen LogP contribution in [0.4, 0.5) is 0 Å². The first kappa shape index (κ1) is 13.9. The molecule has 1 aliphatic rings. The largest absolute Gasteiger partial charge is 0.367 e. The van der Waals surface area contributed by atoms with Crippen LogP contribution in [-0.4, -0.2) is 41.8 Å². The molecule has 2 N–H and O–H groups in total. The van der Waals surface area contributed by atoms with Crippen molar-refractivity contribution in [1.29, 1.82) is 0 Å². The standard InChI is InChI=1S/C13H28N2O/c1-11(7-6-8-14)15-9-12(2,3)16-13(4,5)10-15/h11H,6-10,14H2,1-5H3. The molecule has 1 fully saturated rings. The van der Waals surface area contributed by atoms with Gasteiger partial charge in [-0.3, -0.25) is 4.90 Å². The average molecular weight is 228 g/mol. The van der Waals surface area contributed by atoms with Crippen molar-refractivity contribution in [3.8, 4) is 0 Å². The summed E-state index contributed by atoms with van der Waals surface area (Å²) in [5.74, 6) is 0. The molecule has 1 aliphatic heterocycles. The van der Waals surface area contributed by atoms with Crippen LogP contribution in [-0.2, 0) is 4.74 Å². The second kappa shape index (κ2) is 5.03. The minimum atomic E-state index is -0.0429. The van der Waals surface area contributed by atoms with Crippen molar-refractivity contribution < 1.29 is 4.74 Å². The molecule has 0 amide bonds. The Hall–Kier alpha value is -0.120. The van der Waals surface area contributed by atoms with Crippen LogP contribution in [0.2, 0.25) is 0 Å². The van der Waals surface area contributed by atoms with Crippen molar-refractivity contribution in [1.82, 2.24) is 4.90 Å². The molecule has 1 saturated heterocycles. The van der Waals surface area contributed by atoms with Crippen molar-refractivity contribution >= 4 is 0 Å². The molecule has 0 aromatic rings. The van der Waals surface area contributed by atoms with Crippen LogP contribution in [0.5, 0.6) is 0 Å². The SMILES string of the molecule is CC(CCCN)N1CC(C)(C)OC(C)(C)C1. The maximum atomic E-state index is 6.08. The summed E-state index contributed by atoms with van der Waals surface area (Å²) in [6.45, 7) is 13.8. The number of nitrogens with zero attached hydrogens (tertiary/aromatic N) is 1. The van der Waals surface area contributed by atoms with Crippen LogP contribution in [0.3, 0.4) is 0 Å². The molecule has 1 unspecified atom stereocenters. The van der Waals surface area contributed by atoms with Gasteiger partial charge in [0.25, 0.3) is 0 Å². The van der Waals surface area contributed by atoms with Gasteiger partial charge in [-0.1, -0.05) is 0 Å². The van der Waals surface area contributed by atoms with Gasteiger partial charge < -0.3 is 10.5 Å². The molecule has 1 rings (SSSR count). The zero-order chi connectivity index (χ0) is 12.4. The second-order valence-electron chi connectivity index (χ2n) is 6.31. The summed E-state index contributed by atoms with van der Waals surface area (Å²) in [4.78, 5) is 2.54. The van der Waals surface area contributed by atoms with Crippen molar-refractivity contribution in [2.75, 3.05) is 19.6 Å². The fourth-order valence-corrected chi connectivity index (χ4v) is 2.75. The number of ether oxygens (including phenoxy) is 1. The maximum absolute atomic E-state index is 6.08. The number of hydrogen-bond acceptors (Lipinski definition) is 3. The third kappa shape index (κ3) is 4.04. The van der Waals surface area contributed by atoms with Crippen molar-refractivity contribution in [3.05, 3.63) is 0 Å². The minimum absolute atomic E-state index is 0.0429. The van der Waals surface area contributed by atoms with Gasteiger partial charge in [0, 0.05) is 19.1 Å². The Kier molecular flexibility index (Phi) is 4.38. The van der Waals surface area contributed by atoms with Gasteiger partial charge in [0.05, 0.1) is 11.2 Å². The van der Waals surface area contributed by atoms with E-state index in [1.165, 1.54) is 6.42 Å². The van der Waals surface area contributed by atoms with Gasteiger partial charge in [0.2, 0.25) is 0 Å². The summed E-state index contributed by atoms with van der Waals surface area (Å²) in [5.41, 5.74) is 5.48. The van der Waals surface area contributed by atoms with Gasteiger partial charge in [0.1, 0.15) is 0 Å². The Balaban J connectivity index is 2.59. The van der Waals surface area contributed by atoms with Gasteiger partial charge in [-0.05, 0) is 54.0 Å². The molecular weight excluding hydrogens is 200 g/mol. The van der Waals surface area contributed by atoms with Crippen LogP contribution >= 0.6 is 0 Å². The number of hydrogen-bond donors (Lipinski definition) is 1. The van der Waals surface area contributed by atoms with E-state index in [1.54, 1.807) is 0 Å². The molecule has 0 radical (unpaired) electrons. The number of morpholine rings is 1. The first-order valence-electron chi connectivity index (χ1n) is 6.40. The molecule has 0 aromatic heterocycles. The fraction of sp³-hybridized carbons (Fsp3) is 1.00. The van der Waals surface area contributed by atoms with Gasteiger partial charge in [0.15, 0.2) is 0 Å². The van der Waals surface area contributed by atoms with E-state index in [0.717, 1.165) is 26.1 Å². The van der Waals surface area contributed by atoms with E-state index < -0.39 is 0 Å². The first-order valence-corrected chi connectivity index (χ1v) is 6.40. The summed E-state index contributed by atoms with van der Waals surface area (Å²) in [6, 6.07) is 0.603. The Morgan fingerprint density at radius 1 is 1.19 bits per heavy atom. The molecule has 1 atom stereocenters. The molecule has 3 nitrogen and oxygen atoms in total. The minimum Gasteiger partial charge on any atom is -0.367 e. The zero-order valence-corrected chi connectivity index (χ0v) is 11.5. The second-order valence-corrected chi connectivity index (χ2v) is 6.31. The van der Waals surface area contributed by atoms with E-state index >= 15 is 0 Å². The highest BCUT2D eigenvalue weighted by molar-refractivity contribution is 4.90. The lowest BCUT2D eigenvalue weighted by Gasteiger charge is -2.49. The predicted molar refractivity (Wildman–Crippen MR) is 68.6 cm³/mol. The predicted octanol–water partition coefficient (Wildman–Crippen LogP) is 2.00. The van der Waals surface area contributed by atoms with E-state index in [-0.39, 0.29) is 11.2 Å². The van der Waals surface area contributed by atoms with Crippen LogP contribution < -0.4 is 5.73 Å². The molecule has 16 heavy (non-hydrogen) atoms. The Labute approximate surface area is 100 Å². The zero-order valence-electron chi connectivity index (χ0n) is 11.5. The van der Waals surface area contributed by atoms with E-state index in [2.05, 4.69) is 39.5 Å². The van der Waals surface area contributed by atoms with E-state index in [9.17, 15) is 0 Å². The third-order valence-electron chi connectivity index (χ3n) is 3.17. The molecule has 96 valence electrons.